The van der Waals surface area contributed by atoms with Crippen LogP contribution in [-0.2, 0) is 22.5 Å². The summed E-state index contributed by atoms with van der Waals surface area (Å²) in [6.45, 7) is -2.17. The third kappa shape index (κ3) is 5.00. The molecule has 0 saturated heterocycles. The van der Waals surface area contributed by atoms with Crippen LogP contribution in [0.1, 0.15) is 38.5 Å². The Bertz CT molecular complexity index is 846. The van der Waals surface area contributed by atoms with Gasteiger partial charge in [0.25, 0.3) is 5.91 Å². The maximum atomic E-state index is 12.8. The summed E-state index contributed by atoms with van der Waals surface area (Å²) < 4.78 is 74.7. The predicted molar refractivity (Wildman–Crippen MR) is 89.8 cm³/mol. The van der Waals surface area contributed by atoms with Crippen molar-refractivity contribution in [1.29, 1.82) is 0 Å². The van der Waals surface area contributed by atoms with E-state index in [0.717, 1.165) is 16.9 Å². The topological polar surface area (TPSA) is 79.8 Å². The Morgan fingerprint density at radius 3 is 2.41 bits per heavy atom. The fourth-order valence-corrected chi connectivity index (χ4v) is 4.38. The number of hydrogen-bond acceptors (Lipinski definition) is 5. The lowest BCUT2D eigenvalue weighted by Gasteiger charge is -2.11. The minimum atomic E-state index is -4.57. The van der Waals surface area contributed by atoms with Crippen LogP contribution in [0.3, 0.4) is 0 Å². The van der Waals surface area contributed by atoms with Gasteiger partial charge < -0.3 is 15.5 Å². The van der Waals surface area contributed by atoms with Gasteiger partial charge in [0.15, 0.2) is 0 Å². The predicted octanol–water partition coefficient (Wildman–Crippen LogP) is 2.70. The molecule has 0 aromatic carbocycles. The molecule has 0 radical (unpaired) electrons. The molecule has 2 aliphatic rings. The molecule has 1 atom stereocenters. The van der Waals surface area contributed by atoms with E-state index in [2.05, 4.69) is 15.3 Å². The molecule has 0 unspecified atom stereocenters. The monoisotopic (exact) mass is 443 g/mol. The Kier molecular flexibility index (Phi) is 5.79. The Morgan fingerprint density at radius 2 is 1.79 bits per heavy atom. The fraction of sp³-hybridized carbons (Fsp3) is 0.562. The zero-order valence-corrected chi connectivity index (χ0v) is 15.5. The minimum absolute atomic E-state index is 0.109. The van der Waals surface area contributed by atoms with Gasteiger partial charge in [-0.25, -0.2) is 0 Å². The van der Waals surface area contributed by atoms with Crippen molar-refractivity contribution < 1.29 is 40.8 Å². The van der Waals surface area contributed by atoms with Gasteiger partial charge in [-0.05, 0) is 30.4 Å². The maximum Gasteiger partial charge on any atom is 0.428 e. The molecule has 1 aromatic rings. The molecule has 6 nitrogen and oxygen atoms in total. The van der Waals surface area contributed by atoms with Crippen molar-refractivity contribution in [1.82, 2.24) is 10.6 Å². The minimum Gasteiger partial charge on any atom is -0.382 e. The van der Waals surface area contributed by atoms with Crippen LogP contribution in [0.15, 0.2) is 5.16 Å². The van der Waals surface area contributed by atoms with Crippen LogP contribution in [0.2, 0.25) is 0 Å². The second-order valence-electron chi connectivity index (χ2n) is 6.52. The van der Waals surface area contributed by atoms with E-state index < -0.39 is 49.8 Å². The molecule has 13 heteroatoms. The molecule has 3 rings (SSSR count). The van der Waals surface area contributed by atoms with E-state index in [4.69, 9.17) is 0 Å². The van der Waals surface area contributed by atoms with Gasteiger partial charge in [-0.2, -0.15) is 26.3 Å². The Labute approximate surface area is 164 Å². The summed E-state index contributed by atoms with van der Waals surface area (Å²) >= 11 is 0.947. The van der Waals surface area contributed by atoms with Gasteiger partial charge in [0.1, 0.15) is 12.3 Å². The van der Waals surface area contributed by atoms with Crippen molar-refractivity contribution in [3.8, 4) is 0 Å². The van der Waals surface area contributed by atoms with E-state index in [1.807, 2.05) is 0 Å². The molecule has 1 aliphatic carbocycles. The highest BCUT2D eigenvalue weighted by atomic mass is 32.1. The molecule has 0 bridgehead atoms. The number of thiophene rings is 1. The van der Waals surface area contributed by atoms with Gasteiger partial charge in [0.2, 0.25) is 12.0 Å². The molecule has 0 spiro atoms. The first kappa shape index (κ1) is 21.4. The number of nitrogens with one attached hydrogen (secondary N) is 2. The first-order chi connectivity index (χ1) is 13.5. The van der Waals surface area contributed by atoms with Gasteiger partial charge in [-0.3, -0.25) is 9.59 Å². The van der Waals surface area contributed by atoms with Crippen LogP contribution in [0.25, 0.3) is 0 Å². The Morgan fingerprint density at radius 1 is 1.10 bits per heavy atom. The third-order valence-corrected chi connectivity index (χ3v) is 5.69. The van der Waals surface area contributed by atoms with Crippen molar-refractivity contribution in [2.24, 2.45) is 5.16 Å². The number of amides is 2. The average Bonchev–Trinajstić information content (AvgIpc) is 3.31. The molecule has 1 aliphatic heterocycles. The summed E-state index contributed by atoms with van der Waals surface area (Å²) in [6.07, 6.45) is -9.82. The second kappa shape index (κ2) is 7.84. The summed E-state index contributed by atoms with van der Waals surface area (Å²) in [4.78, 5) is 29.0. The van der Waals surface area contributed by atoms with E-state index in [9.17, 15) is 35.9 Å². The lowest BCUT2D eigenvalue weighted by atomic mass is 10.1. The van der Waals surface area contributed by atoms with Gasteiger partial charge in [0.05, 0.1) is 16.3 Å². The van der Waals surface area contributed by atoms with E-state index in [1.165, 1.54) is 0 Å². The van der Waals surface area contributed by atoms with Crippen LogP contribution >= 0.6 is 11.3 Å². The molecule has 0 fully saturated rings. The zero-order valence-electron chi connectivity index (χ0n) is 14.7. The van der Waals surface area contributed by atoms with E-state index in [-0.39, 0.29) is 10.6 Å². The normalized spacial score (nSPS) is 18.8. The average molecular weight is 443 g/mol. The van der Waals surface area contributed by atoms with Crippen molar-refractivity contribution in [3.63, 3.8) is 0 Å². The third-order valence-electron chi connectivity index (χ3n) is 4.37. The standard InChI is InChI=1S/C16H15F6N3O3S/c17-15(18,19)6-24-11(26)5-23-14(27)13-8-3-1-2-7(8)12(29-13)9-4-10(28-25-9)16(20,21)22/h10H,1-6H2,(H,23,27)(H,24,26)/t10-/m1/s1. The Balaban J connectivity index is 1.68. The number of nitrogens with zero attached hydrogens (tertiary/aromatic N) is 1. The van der Waals surface area contributed by atoms with Crippen molar-refractivity contribution >= 4 is 28.9 Å². The van der Waals surface area contributed by atoms with E-state index in [0.29, 0.717) is 29.7 Å². The highest BCUT2D eigenvalue weighted by molar-refractivity contribution is 7.16. The molecule has 29 heavy (non-hydrogen) atoms. The number of carbonyl (C=O) groups is 2. The second-order valence-corrected chi connectivity index (χ2v) is 7.54. The summed E-state index contributed by atoms with van der Waals surface area (Å²) in [6, 6.07) is 0. The smallest absolute Gasteiger partial charge is 0.382 e. The molecule has 0 saturated carbocycles. The lowest BCUT2D eigenvalue weighted by molar-refractivity contribution is -0.212. The van der Waals surface area contributed by atoms with Gasteiger partial charge >= 0.3 is 12.4 Å². The summed E-state index contributed by atoms with van der Waals surface area (Å²) in [7, 11) is 0. The number of carbonyl (C=O) groups excluding carboxylic acids is 2. The SMILES string of the molecule is O=C(CNC(=O)c1sc(C2=NO[C@@H](C(F)(F)F)C2)c2c1CCC2)NCC(F)(F)F. The number of halogens is 6. The molecular weight excluding hydrogens is 428 g/mol. The quantitative estimate of drug-likeness (QED) is 0.687. The summed E-state index contributed by atoms with van der Waals surface area (Å²) in [5.41, 5.74) is 1.50. The molecule has 2 amide bonds. The van der Waals surface area contributed by atoms with Gasteiger partial charge in [-0.1, -0.05) is 5.16 Å². The maximum absolute atomic E-state index is 12.8. The fourth-order valence-electron chi connectivity index (χ4n) is 3.08. The highest BCUT2D eigenvalue weighted by Crippen LogP contribution is 2.39. The van der Waals surface area contributed by atoms with Crippen molar-refractivity contribution in [2.75, 3.05) is 13.1 Å². The molecule has 2 heterocycles. The number of hydrogen-bond donors (Lipinski definition) is 2. The first-order valence-electron chi connectivity index (χ1n) is 8.51. The summed E-state index contributed by atoms with van der Waals surface area (Å²) in [5.74, 6) is -1.68. The number of oxime groups is 1. The van der Waals surface area contributed by atoms with Gasteiger partial charge in [0, 0.05) is 6.42 Å². The van der Waals surface area contributed by atoms with Crippen LogP contribution in [0.5, 0.6) is 0 Å². The number of fused-ring (bicyclic) bond motifs is 1. The molecule has 2 N–H and O–H groups in total. The molecular formula is C16H15F6N3O3S. The largest absolute Gasteiger partial charge is 0.428 e. The molecule has 1 aromatic heterocycles. The van der Waals surface area contributed by atoms with Crippen LogP contribution in [-0.4, -0.2) is 49.1 Å². The lowest BCUT2D eigenvalue weighted by Crippen LogP contribution is -2.40. The molecule has 160 valence electrons. The number of rotatable bonds is 5. The highest BCUT2D eigenvalue weighted by Gasteiger charge is 2.46. The van der Waals surface area contributed by atoms with Crippen LogP contribution in [0, 0.1) is 0 Å². The van der Waals surface area contributed by atoms with E-state index >= 15 is 0 Å². The van der Waals surface area contributed by atoms with Crippen LogP contribution < -0.4 is 10.6 Å². The first-order valence-corrected chi connectivity index (χ1v) is 9.33. The number of alkyl halides is 6. The van der Waals surface area contributed by atoms with E-state index in [1.54, 1.807) is 5.32 Å². The summed E-state index contributed by atoms with van der Waals surface area (Å²) in [5, 5.41) is 7.41. The van der Waals surface area contributed by atoms with Crippen molar-refractivity contribution in [3.05, 3.63) is 20.9 Å². The van der Waals surface area contributed by atoms with Crippen molar-refractivity contribution in [2.45, 2.75) is 44.1 Å². The van der Waals surface area contributed by atoms with Crippen LogP contribution in [0.4, 0.5) is 26.3 Å². The van der Waals surface area contributed by atoms with Gasteiger partial charge in [-0.15, -0.1) is 11.3 Å². The Hall–Kier alpha value is -2.31. The zero-order chi connectivity index (χ0) is 21.4.